The van der Waals surface area contributed by atoms with Gasteiger partial charge in [0.2, 0.25) is 17.7 Å². The number of rotatable bonds is 10. The largest absolute Gasteiger partial charge is 0.368 e. The van der Waals surface area contributed by atoms with Crippen LogP contribution in [0.3, 0.4) is 0 Å². The second-order valence-corrected chi connectivity index (χ2v) is 8.27. The first kappa shape index (κ1) is 23.2. The fourth-order valence-corrected chi connectivity index (χ4v) is 3.93. The number of amides is 3. The van der Waals surface area contributed by atoms with Crippen molar-refractivity contribution in [1.29, 1.82) is 0 Å². The van der Waals surface area contributed by atoms with Crippen molar-refractivity contribution in [3.63, 3.8) is 0 Å². The van der Waals surface area contributed by atoms with Gasteiger partial charge in [-0.25, -0.2) is 4.39 Å². The number of nitrogens with two attached hydrogens (primary N) is 1. The zero-order valence-electron chi connectivity index (χ0n) is 16.5. The molecule has 0 spiro atoms. The predicted octanol–water partition coefficient (Wildman–Crippen LogP) is 1.04. The summed E-state index contributed by atoms with van der Waals surface area (Å²) in [5.41, 5.74) is 6.03. The SMILES string of the molecule is CC(=O)N[C@@H](Cc1ccc(F)cc1)C(=O)N[C@@H](CC[S@@](=O)c1ccccc1)C(N)=O. The van der Waals surface area contributed by atoms with Gasteiger partial charge in [0.05, 0.1) is 10.8 Å². The lowest BCUT2D eigenvalue weighted by Crippen LogP contribution is -2.53. The number of benzene rings is 2. The lowest BCUT2D eigenvalue weighted by molar-refractivity contribution is -0.130. The van der Waals surface area contributed by atoms with Gasteiger partial charge in [-0.2, -0.15) is 0 Å². The van der Waals surface area contributed by atoms with Gasteiger partial charge in [0.15, 0.2) is 0 Å². The molecule has 0 aromatic heterocycles. The van der Waals surface area contributed by atoms with Crippen molar-refractivity contribution < 1.29 is 23.0 Å². The summed E-state index contributed by atoms with van der Waals surface area (Å²) in [5, 5.41) is 5.04. The minimum Gasteiger partial charge on any atom is -0.368 e. The first-order chi connectivity index (χ1) is 14.3. The Kier molecular flexibility index (Phi) is 8.67. The fourth-order valence-electron chi connectivity index (χ4n) is 2.78. The van der Waals surface area contributed by atoms with Gasteiger partial charge in [-0.1, -0.05) is 30.3 Å². The average molecular weight is 434 g/mol. The van der Waals surface area contributed by atoms with E-state index in [1.165, 1.54) is 31.2 Å². The summed E-state index contributed by atoms with van der Waals surface area (Å²) >= 11 is 0. The van der Waals surface area contributed by atoms with E-state index in [2.05, 4.69) is 10.6 Å². The number of hydrogen-bond acceptors (Lipinski definition) is 4. The van der Waals surface area contributed by atoms with Gasteiger partial charge in [0.1, 0.15) is 17.9 Å². The Hall–Kier alpha value is -3.07. The van der Waals surface area contributed by atoms with E-state index in [4.69, 9.17) is 5.73 Å². The van der Waals surface area contributed by atoms with Gasteiger partial charge >= 0.3 is 0 Å². The molecule has 0 heterocycles. The third-order valence-corrected chi connectivity index (χ3v) is 5.71. The second-order valence-electron chi connectivity index (χ2n) is 6.70. The van der Waals surface area contributed by atoms with E-state index in [0.717, 1.165) is 0 Å². The number of hydrogen-bond donors (Lipinski definition) is 3. The molecule has 0 fully saturated rings. The number of halogens is 1. The molecule has 0 aliphatic heterocycles. The zero-order chi connectivity index (χ0) is 22.1. The monoisotopic (exact) mass is 433 g/mol. The van der Waals surface area contributed by atoms with Crippen molar-refractivity contribution in [3.8, 4) is 0 Å². The van der Waals surface area contributed by atoms with Crippen molar-refractivity contribution in [1.82, 2.24) is 10.6 Å². The normalized spacial score (nSPS) is 13.7. The van der Waals surface area contributed by atoms with E-state index in [0.29, 0.717) is 10.5 Å². The summed E-state index contributed by atoms with van der Waals surface area (Å²) in [6.45, 7) is 1.26. The van der Waals surface area contributed by atoms with Crippen LogP contribution in [-0.4, -0.2) is 39.8 Å². The summed E-state index contributed by atoms with van der Waals surface area (Å²) in [6, 6.07) is 12.2. The Balaban J connectivity index is 2.03. The lowest BCUT2D eigenvalue weighted by atomic mass is 10.0. The molecule has 0 saturated heterocycles. The molecule has 30 heavy (non-hydrogen) atoms. The summed E-state index contributed by atoms with van der Waals surface area (Å²) < 4.78 is 25.5. The predicted molar refractivity (Wildman–Crippen MR) is 111 cm³/mol. The van der Waals surface area contributed by atoms with Crippen LogP contribution in [0.4, 0.5) is 4.39 Å². The van der Waals surface area contributed by atoms with Gasteiger partial charge in [-0.3, -0.25) is 18.6 Å². The Morgan fingerprint density at radius 1 is 1.00 bits per heavy atom. The Morgan fingerprint density at radius 3 is 2.20 bits per heavy atom. The quantitative estimate of drug-likeness (QED) is 0.519. The summed E-state index contributed by atoms with van der Waals surface area (Å²) in [5.74, 6) is -2.10. The molecule has 3 amide bonds. The van der Waals surface area contributed by atoms with Crippen LogP contribution in [0.1, 0.15) is 18.9 Å². The van der Waals surface area contributed by atoms with Crippen LogP contribution in [0.15, 0.2) is 59.5 Å². The van der Waals surface area contributed by atoms with Gasteiger partial charge in [0, 0.05) is 24.0 Å². The maximum absolute atomic E-state index is 13.1. The summed E-state index contributed by atoms with van der Waals surface area (Å²) in [4.78, 5) is 36.6. The van der Waals surface area contributed by atoms with Crippen LogP contribution < -0.4 is 16.4 Å². The smallest absolute Gasteiger partial charge is 0.243 e. The summed E-state index contributed by atoms with van der Waals surface area (Å²) in [6.07, 6.45) is 0.180. The standard InChI is InChI=1S/C21H24FN3O4S/c1-14(26)24-19(13-15-7-9-16(22)10-8-15)21(28)25-18(20(23)27)11-12-30(29)17-5-3-2-4-6-17/h2-10,18-19H,11-13H2,1H3,(H2,23,27)(H,24,26)(H,25,28)/t18-,19-,30+/m0/s1. The van der Waals surface area contributed by atoms with Crippen molar-refractivity contribution in [2.75, 3.05) is 5.75 Å². The second kappa shape index (κ2) is 11.2. The van der Waals surface area contributed by atoms with E-state index in [1.54, 1.807) is 30.3 Å². The molecular formula is C21H24FN3O4S. The van der Waals surface area contributed by atoms with Crippen molar-refractivity contribution in [3.05, 3.63) is 66.0 Å². The van der Waals surface area contributed by atoms with E-state index in [9.17, 15) is 23.0 Å². The third kappa shape index (κ3) is 7.40. The van der Waals surface area contributed by atoms with Gasteiger partial charge in [-0.15, -0.1) is 0 Å². The fraction of sp³-hybridized carbons (Fsp3) is 0.286. The van der Waals surface area contributed by atoms with Crippen LogP contribution in [-0.2, 0) is 31.6 Å². The third-order valence-electron chi connectivity index (χ3n) is 4.31. The van der Waals surface area contributed by atoms with Crippen LogP contribution in [0, 0.1) is 5.82 Å². The molecule has 2 aromatic rings. The number of primary amides is 1. The van der Waals surface area contributed by atoms with Crippen LogP contribution >= 0.6 is 0 Å². The minimum atomic E-state index is -1.35. The molecule has 2 rings (SSSR count). The average Bonchev–Trinajstić information content (AvgIpc) is 2.71. The van der Waals surface area contributed by atoms with Crippen molar-refractivity contribution >= 4 is 28.5 Å². The highest BCUT2D eigenvalue weighted by Gasteiger charge is 2.25. The molecule has 0 aliphatic rings. The van der Waals surface area contributed by atoms with Crippen LogP contribution in [0.5, 0.6) is 0 Å². The van der Waals surface area contributed by atoms with E-state index in [-0.39, 0.29) is 18.6 Å². The molecule has 0 bridgehead atoms. The van der Waals surface area contributed by atoms with Gasteiger partial charge in [-0.05, 0) is 36.2 Å². The molecule has 0 saturated carbocycles. The molecule has 0 radical (unpaired) electrons. The van der Waals surface area contributed by atoms with E-state index in [1.807, 2.05) is 0 Å². The Labute approximate surface area is 176 Å². The van der Waals surface area contributed by atoms with Gasteiger partial charge in [0.25, 0.3) is 0 Å². The Morgan fingerprint density at radius 2 is 1.63 bits per heavy atom. The highest BCUT2D eigenvalue weighted by Crippen LogP contribution is 2.09. The molecule has 3 atom stereocenters. The van der Waals surface area contributed by atoms with E-state index >= 15 is 0 Å². The molecule has 9 heteroatoms. The molecule has 7 nitrogen and oxygen atoms in total. The van der Waals surface area contributed by atoms with E-state index < -0.39 is 46.4 Å². The zero-order valence-corrected chi connectivity index (χ0v) is 17.3. The number of carbonyl (C=O) groups excluding carboxylic acids is 3. The molecule has 4 N–H and O–H groups in total. The first-order valence-corrected chi connectivity index (χ1v) is 10.6. The first-order valence-electron chi connectivity index (χ1n) is 9.31. The molecule has 0 unspecified atom stereocenters. The summed E-state index contributed by atoms with van der Waals surface area (Å²) in [7, 11) is -1.35. The molecule has 0 aliphatic carbocycles. The van der Waals surface area contributed by atoms with Crippen molar-refractivity contribution in [2.45, 2.75) is 36.7 Å². The molecule has 2 aromatic carbocycles. The van der Waals surface area contributed by atoms with Crippen LogP contribution in [0.2, 0.25) is 0 Å². The highest BCUT2D eigenvalue weighted by atomic mass is 32.2. The highest BCUT2D eigenvalue weighted by molar-refractivity contribution is 7.85. The Bertz CT molecular complexity index is 906. The maximum atomic E-state index is 13.1. The number of nitrogens with one attached hydrogen (secondary N) is 2. The maximum Gasteiger partial charge on any atom is 0.243 e. The number of carbonyl (C=O) groups is 3. The van der Waals surface area contributed by atoms with Crippen LogP contribution in [0.25, 0.3) is 0 Å². The van der Waals surface area contributed by atoms with Gasteiger partial charge < -0.3 is 16.4 Å². The topological polar surface area (TPSA) is 118 Å². The minimum absolute atomic E-state index is 0.0753. The lowest BCUT2D eigenvalue weighted by Gasteiger charge is -2.21. The van der Waals surface area contributed by atoms with Crippen molar-refractivity contribution in [2.24, 2.45) is 5.73 Å². The molecular weight excluding hydrogens is 409 g/mol. The molecule has 160 valence electrons.